The molecule has 10 heteroatoms. The number of fused-ring (bicyclic) bond motifs is 1. The summed E-state index contributed by atoms with van der Waals surface area (Å²) in [5.74, 6) is -0.137. The van der Waals surface area contributed by atoms with Gasteiger partial charge in [0.2, 0.25) is 0 Å². The van der Waals surface area contributed by atoms with Crippen LogP contribution in [-0.4, -0.2) is 32.9 Å². The molecule has 9 nitrogen and oxygen atoms in total. The number of anilines is 3. The lowest BCUT2D eigenvalue weighted by Gasteiger charge is -2.13. The second-order valence-corrected chi connectivity index (χ2v) is 9.06. The van der Waals surface area contributed by atoms with Crippen LogP contribution in [0.5, 0.6) is 0 Å². The first-order valence-electron chi connectivity index (χ1n) is 10.7. The van der Waals surface area contributed by atoms with Crippen molar-refractivity contribution in [3.8, 4) is 22.0 Å². The maximum atomic E-state index is 12.9. The van der Waals surface area contributed by atoms with Crippen LogP contribution < -0.4 is 21.9 Å². The molecule has 0 aliphatic rings. The van der Waals surface area contributed by atoms with Gasteiger partial charge in [-0.2, -0.15) is 0 Å². The van der Waals surface area contributed by atoms with Gasteiger partial charge in [-0.1, -0.05) is 6.07 Å². The van der Waals surface area contributed by atoms with Gasteiger partial charge in [0.25, 0.3) is 11.5 Å². The number of aromatic nitrogens is 4. The maximum Gasteiger partial charge on any atom is 0.256 e. The van der Waals surface area contributed by atoms with E-state index in [0.717, 1.165) is 16.0 Å². The number of rotatable bonds is 5. The quantitative estimate of drug-likeness (QED) is 0.292. The fourth-order valence-corrected chi connectivity index (χ4v) is 4.42. The lowest BCUT2D eigenvalue weighted by atomic mass is 10.0. The smallest absolute Gasteiger partial charge is 0.256 e. The number of amides is 1. The van der Waals surface area contributed by atoms with Crippen LogP contribution in [0.4, 0.5) is 17.3 Å². The minimum absolute atomic E-state index is 0.0778. The number of nitrogen functional groups attached to an aromatic ring is 1. The van der Waals surface area contributed by atoms with Gasteiger partial charge in [0.15, 0.2) is 11.6 Å². The Bertz CT molecular complexity index is 1620. The van der Waals surface area contributed by atoms with E-state index in [0.29, 0.717) is 32.9 Å². The second-order valence-electron chi connectivity index (χ2n) is 7.82. The number of hydrogen-bond donors (Lipinski definition) is 4. The average molecular weight is 484 g/mol. The minimum atomic E-state index is -0.359. The summed E-state index contributed by atoms with van der Waals surface area (Å²) in [5.41, 5.74) is 9.11. The summed E-state index contributed by atoms with van der Waals surface area (Å²) >= 11 is 1.47. The summed E-state index contributed by atoms with van der Waals surface area (Å²) in [7, 11) is 1.81. The van der Waals surface area contributed by atoms with E-state index in [2.05, 4.69) is 25.6 Å². The van der Waals surface area contributed by atoms with Gasteiger partial charge in [-0.25, -0.2) is 15.0 Å². The molecule has 0 unspecified atom stereocenters. The molecule has 2 aromatic carbocycles. The van der Waals surface area contributed by atoms with E-state index in [1.165, 1.54) is 11.3 Å². The van der Waals surface area contributed by atoms with Crippen LogP contribution in [0.1, 0.15) is 15.2 Å². The molecular weight excluding hydrogens is 462 g/mol. The van der Waals surface area contributed by atoms with Crippen molar-refractivity contribution in [3.05, 3.63) is 81.7 Å². The highest BCUT2D eigenvalue weighted by Gasteiger charge is 2.20. The van der Waals surface area contributed by atoms with Crippen LogP contribution in [0.2, 0.25) is 0 Å². The van der Waals surface area contributed by atoms with Crippen molar-refractivity contribution in [2.45, 2.75) is 6.92 Å². The molecule has 0 aliphatic carbocycles. The molecule has 0 aliphatic heterocycles. The molecule has 5 rings (SSSR count). The summed E-state index contributed by atoms with van der Waals surface area (Å²) in [4.78, 5) is 42.5. The zero-order chi connectivity index (χ0) is 24.5. The molecule has 3 heterocycles. The fraction of sp³-hybridized carbons (Fsp3) is 0.0800. The van der Waals surface area contributed by atoms with E-state index in [-0.39, 0.29) is 23.1 Å². The third-order valence-corrected chi connectivity index (χ3v) is 6.38. The number of carbonyl (C=O) groups is 1. The summed E-state index contributed by atoms with van der Waals surface area (Å²) in [6.07, 6.45) is 3.35. The first-order chi connectivity index (χ1) is 16.9. The van der Waals surface area contributed by atoms with Gasteiger partial charge >= 0.3 is 0 Å². The van der Waals surface area contributed by atoms with Gasteiger partial charge in [0, 0.05) is 46.5 Å². The van der Waals surface area contributed by atoms with Crippen molar-refractivity contribution in [2.24, 2.45) is 0 Å². The molecule has 0 spiro atoms. The van der Waals surface area contributed by atoms with Crippen molar-refractivity contribution in [1.82, 2.24) is 19.9 Å². The second kappa shape index (κ2) is 8.99. The number of aryl methyl sites for hydroxylation is 1. The highest BCUT2D eigenvalue weighted by Crippen LogP contribution is 2.35. The number of carbonyl (C=O) groups excluding carboxylic acids is 1. The Kier molecular flexibility index (Phi) is 5.71. The Hall–Kier alpha value is -4.57. The monoisotopic (exact) mass is 483 g/mol. The lowest BCUT2D eigenvalue weighted by molar-refractivity contribution is 0.102. The number of nitrogens with two attached hydrogens (primary N) is 1. The third-order valence-electron chi connectivity index (χ3n) is 5.46. The molecule has 3 aromatic heterocycles. The number of aromatic amines is 1. The van der Waals surface area contributed by atoms with Crippen LogP contribution >= 0.6 is 11.3 Å². The number of thiazole rings is 1. The van der Waals surface area contributed by atoms with E-state index >= 15 is 0 Å². The molecule has 1 amide bonds. The average Bonchev–Trinajstić information content (AvgIpc) is 3.31. The van der Waals surface area contributed by atoms with Gasteiger partial charge in [0.05, 0.1) is 0 Å². The maximum absolute atomic E-state index is 12.9. The largest absolute Gasteiger partial charge is 0.388 e. The summed E-state index contributed by atoms with van der Waals surface area (Å²) in [6.45, 7) is 1.95. The Balaban J connectivity index is 1.61. The molecular formula is C25H21N7O2S. The van der Waals surface area contributed by atoms with E-state index in [1.54, 1.807) is 55.8 Å². The van der Waals surface area contributed by atoms with E-state index in [4.69, 9.17) is 10.7 Å². The summed E-state index contributed by atoms with van der Waals surface area (Å²) in [5, 5.41) is 7.76. The molecule has 0 saturated carbocycles. The summed E-state index contributed by atoms with van der Waals surface area (Å²) in [6, 6.07) is 14.2. The first kappa shape index (κ1) is 22.2. The van der Waals surface area contributed by atoms with Crippen LogP contribution in [0, 0.1) is 6.92 Å². The van der Waals surface area contributed by atoms with E-state index in [1.807, 2.05) is 19.1 Å². The number of nitrogens with one attached hydrogen (secondary N) is 3. The number of hydrogen-bond acceptors (Lipinski definition) is 8. The van der Waals surface area contributed by atoms with Crippen LogP contribution in [0.25, 0.3) is 32.7 Å². The predicted octanol–water partition coefficient (Wildman–Crippen LogP) is 4.29. The van der Waals surface area contributed by atoms with Crippen molar-refractivity contribution >= 4 is 45.3 Å². The highest BCUT2D eigenvalue weighted by atomic mass is 32.1. The number of benzene rings is 2. The number of H-pyrrole nitrogens is 1. The molecule has 5 aromatic rings. The van der Waals surface area contributed by atoms with Crippen molar-refractivity contribution < 1.29 is 4.79 Å². The SMILES string of the molecule is CNc1ccc(C(=O)Nc2nc(-c3ccc4c(=O)[nH]ccc4c3)c(-c3ncc(C)s3)nc2N)cc1. The molecule has 5 N–H and O–H groups in total. The van der Waals surface area contributed by atoms with Crippen molar-refractivity contribution in [3.63, 3.8) is 0 Å². The van der Waals surface area contributed by atoms with E-state index in [9.17, 15) is 9.59 Å². The topological polar surface area (TPSA) is 139 Å². The number of pyridine rings is 1. The number of nitrogens with zero attached hydrogens (tertiary/aromatic N) is 3. The van der Waals surface area contributed by atoms with Gasteiger partial charge in [0.1, 0.15) is 16.4 Å². The minimum Gasteiger partial charge on any atom is -0.388 e. The zero-order valence-electron chi connectivity index (χ0n) is 18.9. The Morgan fingerprint density at radius 3 is 2.57 bits per heavy atom. The van der Waals surface area contributed by atoms with Crippen molar-refractivity contribution in [2.75, 3.05) is 23.4 Å². The molecule has 174 valence electrons. The van der Waals surface area contributed by atoms with Gasteiger partial charge in [-0.3, -0.25) is 9.59 Å². The van der Waals surface area contributed by atoms with Crippen LogP contribution in [-0.2, 0) is 0 Å². The summed E-state index contributed by atoms with van der Waals surface area (Å²) < 4.78 is 0. The first-order valence-corrected chi connectivity index (χ1v) is 11.6. The third kappa shape index (κ3) is 4.34. The zero-order valence-corrected chi connectivity index (χ0v) is 19.7. The van der Waals surface area contributed by atoms with Gasteiger partial charge < -0.3 is 21.4 Å². The molecule has 0 bridgehead atoms. The standard InChI is InChI=1S/C25H21N7O2S/c1-13-12-29-25(35-13)20-19(16-5-8-18-15(11-16)9-10-28-24(18)34)31-22(21(26)30-20)32-23(33)14-3-6-17(27-2)7-4-14/h3-12,27H,1-2H3,(H2,26,30)(H,28,34)(H,31,32,33). The van der Waals surface area contributed by atoms with Crippen molar-refractivity contribution in [1.29, 1.82) is 0 Å². The van der Waals surface area contributed by atoms with Gasteiger partial charge in [-0.15, -0.1) is 11.3 Å². The lowest BCUT2D eigenvalue weighted by Crippen LogP contribution is -2.16. The van der Waals surface area contributed by atoms with Crippen LogP contribution in [0.3, 0.4) is 0 Å². The van der Waals surface area contributed by atoms with Crippen LogP contribution in [0.15, 0.2) is 65.7 Å². The Labute approximate surface area is 204 Å². The highest BCUT2D eigenvalue weighted by molar-refractivity contribution is 7.14. The Morgan fingerprint density at radius 2 is 1.86 bits per heavy atom. The molecule has 0 atom stereocenters. The predicted molar refractivity (Wildman–Crippen MR) is 140 cm³/mol. The fourth-order valence-electron chi connectivity index (χ4n) is 3.66. The molecule has 0 radical (unpaired) electrons. The Morgan fingerprint density at radius 1 is 1.06 bits per heavy atom. The molecule has 0 saturated heterocycles. The molecule has 0 fully saturated rings. The molecule has 35 heavy (non-hydrogen) atoms. The van der Waals surface area contributed by atoms with E-state index < -0.39 is 0 Å². The van der Waals surface area contributed by atoms with Gasteiger partial charge in [-0.05, 0) is 54.8 Å². The normalized spacial score (nSPS) is 10.9.